The second-order valence-corrected chi connectivity index (χ2v) is 10.0. The van der Waals surface area contributed by atoms with Gasteiger partial charge in [0.05, 0.1) is 6.10 Å². The lowest BCUT2D eigenvalue weighted by Crippen LogP contribution is -2.27. The number of hydrogen-bond donors (Lipinski definition) is 0. The van der Waals surface area contributed by atoms with E-state index in [1.165, 1.54) is 36.0 Å². The Bertz CT molecular complexity index is 495. The highest BCUT2D eigenvalue weighted by atomic mass is 28.3. The average Bonchev–Trinajstić information content (AvgIpc) is 2.32. The predicted molar refractivity (Wildman–Crippen MR) is 95.0 cm³/mol. The lowest BCUT2D eigenvalue weighted by molar-refractivity contribution is 0.0863. The molecule has 1 atom stereocenters. The molecule has 1 fully saturated rings. The Kier molecular flexibility index (Phi) is 5.10. The van der Waals surface area contributed by atoms with Crippen LogP contribution < -0.4 is 0 Å². The minimum Gasteiger partial charge on any atom is -0.413 e. The summed E-state index contributed by atoms with van der Waals surface area (Å²) in [5.41, 5.74) is 4.09. The van der Waals surface area contributed by atoms with Crippen molar-refractivity contribution in [3.8, 4) is 0 Å². The first-order valence-corrected chi connectivity index (χ1v) is 11.0. The normalized spacial score (nSPS) is 17.6. The summed E-state index contributed by atoms with van der Waals surface area (Å²) in [6, 6.07) is 8.75. The van der Waals surface area contributed by atoms with Crippen molar-refractivity contribution in [3.63, 3.8) is 0 Å². The van der Waals surface area contributed by atoms with Gasteiger partial charge in [-0.05, 0) is 54.0 Å². The van der Waals surface area contributed by atoms with Gasteiger partial charge in [-0.15, -0.1) is 0 Å². The van der Waals surface area contributed by atoms with Crippen LogP contribution in [0.1, 0.15) is 57.3 Å². The standard InChI is InChI=1S/C19H30OSi/c1-14(15-10-9-11-15)16-12-7-8-13-17(16)18(19(2,3)4)20-21(5)6/h7-8,12-13,15,18,21H,1,9-11H2,2-6H3. The molecule has 1 saturated carbocycles. The van der Waals surface area contributed by atoms with Gasteiger partial charge in [0, 0.05) is 0 Å². The Hall–Kier alpha value is -0.863. The maximum Gasteiger partial charge on any atom is 0.171 e. The van der Waals surface area contributed by atoms with Gasteiger partial charge >= 0.3 is 0 Å². The first-order valence-electron chi connectivity index (χ1n) is 8.24. The van der Waals surface area contributed by atoms with Crippen molar-refractivity contribution in [1.82, 2.24) is 0 Å². The summed E-state index contributed by atoms with van der Waals surface area (Å²) < 4.78 is 6.42. The molecule has 1 aliphatic carbocycles. The Morgan fingerprint density at radius 3 is 2.33 bits per heavy atom. The maximum atomic E-state index is 6.42. The van der Waals surface area contributed by atoms with E-state index >= 15 is 0 Å². The fourth-order valence-corrected chi connectivity index (χ4v) is 4.11. The van der Waals surface area contributed by atoms with E-state index in [-0.39, 0.29) is 11.5 Å². The zero-order valence-corrected chi connectivity index (χ0v) is 15.4. The highest BCUT2D eigenvalue weighted by molar-refractivity contribution is 6.48. The summed E-state index contributed by atoms with van der Waals surface area (Å²) >= 11 is 0. The van der Waals surface area contributed by atoms with E-state index in [2.05, 4.69) is 64.7 Å². The van der Waals surface area contributed by atoms with Gasteiger partial charge in [0.1, 0.15) is 0 Å². The van der Waals surface area contributed by atoms with Crippen LogP contribution in [-0.2, 0) is 4.43 Å². The van der Waals surface area contributed by atoms with E-state index < -0.39 is 9.04 Å². The Morgan fingerprint density at radius 2 is 1.86 bits per heavy atom. The lowest BCUT2D eigenvalue weighted by Gasteiger charge is -2.36. The van der Waals surface area contributed by atoms with E-state index in [0.717, 1.165) is 0 Å². The Labute approximate surface area is 132 Å². The molecule has 2 heteroatoms. The van der Waals surface area contributed by atoms with Gasteiger partial charge < -0.3 is 4.43 Å². The second kappa shape index (κ2) is 6.49. The molecule has 1 aromatic carbocycles. The fourth-order valence-electron chi connectivity index (χ4n) is 3.01. The fraction of sp³-hybridized carbons (Fsp3) is 0.579. The second-order valence-electron chi connectivity index (χ2n) is 7.67. The van der Waals surface area contributed by atoms with Crippen molar-refractivity contribution in [2.75, 3.05) is 0 Å². The summed E-state index contributed by atoms with van der Waals surface area (Å²) in [6.45, 7) is 15.7. The third-order valence-electron chi connectivity index (χ3n) is 4.38. The van der Waals surface area contributed by atoms with Crippen molar-refractivity contribution >= 4 is 14.6 Å². The van der Waals surface area contributed by atoms with E-state index in [0.29, 0.717) is 5.92 Å². The van der Waals surface area contributed by atoms with E-state index in [4.69, 9.17) is 4.43 Å². The van der Waals surface area contributed by atoms with Gasteiger partial charge in [0.15, 0.2) is 9.04 Å². The Balaban J connectivity index is 2.38. The maximum absolute atomic E-state index is 6.42. The minimum absolute atomic E-state index is 0.104. The first-order chi connectivity index (χ1) is 9.80. The molecular formula is C19H30OSi. The van der Waals surface area contributed by atoms with Crippen molar-refractivity contribution in [3.05, 3.63) is 42.0 Å². The van der Waals surface area contributed by atoms with Crippen LogP contribution in [0.25, 0.3) is 5.57 Å². The smallest absolute Gasteiger partial charge is 0.171 e. The molecule has 21 heavy (non-hydrogen) atoms. The number of benzene rings is 1. The lowest BCUT2D eigenvalue weighted by atomic mass is 9.74. The zero-order chi connectivity index (χ0) is 15.6. The molecule has 0 aromatic heterocycles. The molecule has 0 bridgehead atoms. The first kappa shape index (κ1) is 16.5. The van der Waals surface area contributed by atoms with Crippen LogP contribution in [0.2, 0.25) is 13.1 Å². The molecule has 0 N–H and O–H groups in total. The third kappa shape index (κ3) is 3.86. The van der Waals surface area contributed by atoms with Gasteiger partial charge in [0.25, 0.3) is 0 Å². The molecule has 116 valence electrons. The molecule has 1 unspecified atom stereocenters. The van der Waals surface area contributed by atoms with Crippen molar-refractivity contribution in [2.24, 2.45) is 11.3 Å². The van der Waals surface area contributed by atoms with Crippen molar-refractivity contribution in [2.45, 2.75) is 59.2 Å². The van der Waals surface area contributed by atoms with Gasteiger partial charge in [-0.2, -0.15) is 0 Å². The molecule has 1 aromatic rings. The van der Waals surface area contributed by atoms with Gasteiger partial charge in [-0.3, -0.25) is 0 Å². The average molecular weight is 303 g/mol. The molecule has 0 amide bonds. The molecule has 2 rings (SSSR count). The largest absolute Gasteiger partial charge is 0.413 e. The van der Waals surface area contributed by atoms with Crippen LogP contribution in [0.5, 0.6) is 0 Å². The molecule has 0 heterocycles. The zero-order valence-electron chi connectivity index (χ0n) is 14.3. The molecule has 1 nitrogen and oxygen atoms in total. The van der Waals surface area contributed by atoms with Gasteiger partial charge in [-0.25, -0.2) is 0 Å². The quantitative estimate of drug-likeness (QED) is 0.644. The van der Waals surface area contributed by atoms with Crippen LogP contribution >= 0.6 is 0 Å². The summed E-state index contributed by atoms with van der Waals surface area (Å²) in [6.07, 6.45) is 4.11. The molecular weight excluding hydrogens is 272 g/mol. The number of hydrogen-bond acceptors (Lipinski definition) is 1. The number of rotatable bonds is 5. The molecule has 0 radical (unpaired) electrons. The summed E-state index contributed by atoms with van der Waals surface area (Å²) in [5, 5.41) is 0. The van der Waals surface area contributed by atoms with Crippen LogP contribution in [0.4, 0.5) is 0 Å². The van der Waals surface area contributed by atoms with Crippen molar-refractivity contribution in [1.29, 1.82) is 0 Å². The van der Waals surface area contributed by atoms with Crippen LogP contribution in [0.3, 0.4) is 0 Å². The summed E-state index contributed by atoms with van der Waals surface area (Å²) in [4.78, 5) is 0. The topological polar surface area (TPSA) is 9.23 Å². The van der Waals surface area contributed by atoms with Crippen LogP contribution in [0, 0.1) is 11.3 Å². The molecule has 0 spiro atoms. The van der Waals surface area contributed by atoms with E-state index in [9.17, 15) is 0 Å². The highest BCUT2D eigenvalue weighted by Crippen LogP contribution is 2.44. The van der Waals surface area contributed by atoms with Crippen molar-refractivity contribution < 1.29 is 4.43 Å². The van der Waals surface area contributed by atoms with Crippen LogP contribution in [-0.4, -0.2) is 9.04 Å². The van der Waals surface area contributed by atoms with E-state index in [1.807, 2.05) is 0 Å². The van der Waals surface area contributed by atoms with E-state index in [1.54, 1.807) is 0 Å². The highest BCUT2D eigenvalue weighted by Gasteiger charge is 2.31. The molecule has 1 aliphatic rings. The van der Waals surface area contributed by atoms with Gasteiger partial charge in [-0.1, -0.05) is 58.0 Å². The molecule has 0 aliphatic heterocycles. The van der Waals surface area contributed by atoms with Gasteiger partial charge in [0.2, 0.25) is 0 Å². The minimum atomic E-state index is -1.10. The Morgan fingerprint density at radius 1 is 1.24 bits per heavy atom. The monoisotopic (exact) mass is 302 g/mol. The SMILES string of the molecule is C=C(c1ccccc1C(O[SiH](C)C)C(C)(C)C)C1CCC1. The summed E-state index contributed by atoms with van der Waals surface area (Å²) in [5.74, 6) is 0.683. The van der Waals surface area contributed by atoms with Crippen LogP contribution in [0.15, 0.2) is 30.8 Å². The number of allylic oxidation sites excluding steroid dienone is 1. The predicted octanol–water partition coefficient (Wildman–Crippen LogP) is 5.59. The third-order valence-corrected chi connectivity index (χ3v) is 5.20. The molecule has 0 saturated heterocycles. The summed E-state index contributed by atoms with van der Waals surface area (Å²) in [7, 11) is -1.10.